The van der Waals surface area contributed by atoms with E-state index in [1.165, 1.54) is 11.1 Å². The summed E-state index contributed by atoms with van der Waals surface area (Å²) in [4.78, 5) is 9.46. The summed E-state index contributed by atoms with van der Waals surface area (Å²) in [5.74, 6) is 1.09. The Balaban J connectivity index is 2.88. The molecule has 0 aliphatic rings. The molecule has 2 rings (SSSR count). The van der Waals surface area contributed by atoms with E-state index in [-0.39, 0.29) is 5.41 Å². The third kappa shape index (κ3) is 1.74. The molecule has 3 heteroatoms. The van der Waals surface area contributed by atoms with Gasteiger partial charge in [0, 0.05) is 18.2 Å². The summed E-state index contributed by atoms with van der Waals surface area (Å²) < 4.78 is 2.12. The number of nitrogens with zero attached hydrogens (tertiary/aromatic N) is 3. The summed E-state index contributed by atoms with van der Waals surface area (Å²) in [5, 5.41) is 0. The third-order valence-corrected chi connectivity index (χ3v) is 3.47. The maximum atomic E-state index is 4.79. The van der Waals surface area contributed by atoms with Gasteiger partial charge in [-0.2, -0.15) is 0 Å². The number of hydrogen-bond acceptors (Lipinski definition) is 2. The summed E-state index contributed by atoms with van der Waals surface area (Å²) in [7, 11) is 2.05. The van der Waals surface area contributed by atoms with Crippen molar-refractivity contribution in [3.8, 4) is 0 Å². The first-order valence-corrected chi connectivity index (χ1v) is 6.04. The van der Waals surface area contributed by atoms with E-state index in [1.807, 2.05) is 0 Å². The molecule has 0 N–H and O–H groups in total. The molecule has 0 aliphatic carbocycles. The van der Waals surface area contributed by atoms with E-state index >= 15 is 0 Å². The van der Waals surface area contributed by atoms with Crippen LogP contribution in [0, 0.1) is 20.8 Å². The molecule has 0 radical (unpaired) electrons. The van der Waals surface area contributed by atoms with Gasteiger partial charge in [-0.05, 0) is 31.9 Å². The summed E-state index contributed by atoms with van der Waals surface area (Å²) in [5.41, 5.74) is 5.67. The zero-order valence-electron chi connectivity index (χ0n) is 11.8. The number of rotatable bonds is 0. The smallest absolute Gasteiger partial charge is 0.160 e. The Morgan fingerprint density at radius 1 is 0.941 bits per heavy atom. The molecule has 0 saturated heterocycles. The number of hydrogen-bond donors (Lipinski definition) is 0. The van der Waals surface area contributed by atoms with Gasteiger partial charge in [0.25, 0.3) is 0 Å². The fraction of sp³-hybridized carbons (Fsp3) is 0.571. The maximum absolute atomic E-state index is 4.79. The minimum atomic E-state index is 0.0453. The minimum Gasteiger partial charge on any atom is -0.315 e. The van der Waals surface area contributed by atoms with Gasteiger partial charge < -0.3 is 4.57 Å². The molecule has 92 valence electrons. The number of pyridine rings is 1. The highest BCUT2D eigenvalue weighted by Crippen LogP contribution is 2.27. The Hall–Kier alpha value is -1.38. The van der Waals surface area contributed by atoms with E-state index in [1.54, 1.807) is 0 Å². The van der Waals surface area contributed by atoms with Gasteiger partial charge in [-0.15, -0.1) is 0 Å². The molecule has 0 spiro atoms. The fourth-order valence-corrected chi connectivity index (χ4v) is 2.23. The molecule has 0 amide bonds. The molecule has 3 nitrogen and oxygen atoms in total. The van der Waals surface area contributed by atoms with Crippen molar-refractivity contribution in [2.45, 2.75) is 47.0 Å². The van der Waals surface area contributed by atoms with Crippen LogP contribution in [0.25, 0.3) is 11.2 Å². The van der Waals surface area contributed by atoms with Crippen molar-refractivity contribution in [2.24, 2.45) is 7.05 Å². The second-order valence-electron chi connectivity index (χ2n) is 5.86. The van der Waals surface area contributed by atoms with Crippen molar-refractivity contribution >= 4 is 11.2 Å². The van der Waals surface area contributed by atoms with Crippen molar-refractivity contribution in [2.75, 3.05) is 0 Å². The molecule has 2 aromatic heterocycles. The van der Waals surface area contributed by atoms with Crippen LogP contribution in [0.4, 0.5) is 0 Å². The number of aryl methyl sites for hydroxylation is 3. The van der Waals surface area contributed by atoms with Crippen LogP contribution in [0.15, 0.2) is 0 Å². The van der Waals surface area contributed by atoms with Crippen LogP contribution in [0.2, 0.25) is 0 Å². The van der Waals surface area contributed by atoms with Crippen LogP contribution in [-0.2, 0) is 12.5 Å². The van der Waals surface area contributed by atoms with Crippen molar-refractivity contribution in [3.63, 3.8) is 0 Å². The first-order valence-electron chi connectivity index (χ1n) is 6.04. The summed E-state index contributed by atoms with van der Waals surface area (Å²) >= 11 is 0. The lowest BCUT2D eigenvalue weighted by atomic mass is 9.96. The normalized spacial score (nSPS) is 12.4. The van der Waals surface area contributed by atoms with Gasteiger partial charge >= 0.3 is 0 Å². The van der Waals surface area contributed by atoms with Crippen molar-refractivity contribution < 1.29 is 0 Å². The van der Waals surface area contributed by atoms with Crippen LogP contribution in [-0.4, -0.2) is 14.5 Å². The Morgan fingerprint density at radius 2 is 1.53 bits per heavy atom. The minimum absolute atomic E-state index is 0.0453. The SMILES string of the molecule is Cc1nc2c(nc(C(C)(C)C)n2C)c(C)c1C. The largest absolute Gasteiger partial charge is 0.315 e. The van der Waals surface area contributed by atoms with E-state index < -0.39 is 0 Å². The van der Waals surface area contributed by atoms with Crippen LogP contribution in [0.1, 0.15) is 43.4 Å². The van der Waals surface area contributed by atoms with E-state index in [2.05, 4.69) is 58.1 Å². The Labute approximate surface area is 103 Å². The standard InChI is InChI=1S/C14H21N3/c1-8-9(2)11-12(15-10(8)3)17(7)13(16-11)14(4,5)6/h1-7H3. The third-order valence-electron chi connectivity index (χ3n) is 3.47. The van der Waals surface area contributed by atoms with Crippen LogP contribution >= 0.6 is 0 Å². The Morgan fingerprint density at radius 3 is 2.06 bits per heavy atom. The van der Waals surface area contributed by atoms with Crippen LogP contribution < -0.4 is 0 Å². The average Bonchev–Trinajstić information content (AvgIpc) is 2.53. The summed E-state index contributed by atoms with van der Waals surface area (Å²) in [6.45, 7) is 12.9. The van der Waals surface area contributed by atoms with E-state index in [4.69, 9.17) is 4.98 Å². The average molecular weight is 231 g/mol. The highest BCUT2D eigenvalue weighted by Gasteiger charge is 2.23. The zero-order valence-corrected chi connectivity index (χ0v) is 11.8. The molecule has 0 atom stereocenters. The Bertz CT molecular complexity index is 586. The first kappa shape index (κ1) is 12.1. The summed E-state index contributed by atoms with van der Waals surface area (Å²) in [6.07, 6.45) is 0. The van der Waals surface area contributed by atoms with Crippen LogP contribution in [0.3, 0.4) is 0 Å². The lowest BCUT2D eigenvalue weighted by Crippen LogP contribution is -2.17. The van der Waals surface area contributed by atoms with E-state index in [0.29, 0.717) is 0 Å². The first-order chi connectivity index (χ1) is 7.73. The molecule has 0 unspecified atom stereocenters. The van der Waals surface area contributed by atoms with Gasteiger partial charge in [-0.1, -0.05) is 20.8 Å². The van der Waals surface area contributed by atoms with Gasteiger partial charge in [-0.25, -0.2) is 9.97 Å². The highest BCUT2D eigenvalue weighted by molar-refractivity contribution is 5.77. The molecule has 0 bridgehead atoms. The van der Waals surface area contributed by atoms with Gasteiger partial charge in [0.05, 0.1) is 0 Å². The Kier molecular flexibility index (Phi) is 2.53. The van der Waals surface area contributed by atoms with Crippen molar-refractivity contribution in [3.05, 3.63) is 22.6 Å². The second-order valence-corrected chi connectivity index (χ2v) is 5.86. The lowest BCUT2D eigenvalue weighted by Gasteiger charge is -2.17. The molecule has 0 fully saturated rings. The second kappa shape index (κ2) is 3.56. The number of fused-ring (bicyclic) bond motifs is 1. The fourth-order valence-electron chi connectivity index (χ4n) is 2.23. The number of aromatic nitrogens is 3. The molecule has 0 aliphatic heterocycles. The van der Waals surface area contributed by atoms with Gasteiger partial charge in [0.1, 0.15) is 11.3 Å². The van der Waals surface area contributed by atoms with Crippen LogP contribution in [0.5, 0.6) is 0 Å². The van der Waals surface area contributed by atoms with Gasteiger partial charge in [0.2, 0.25) is 0 Å². The lowest BCUT2D eigenvalue weighted by molar-refractivity contribution is 0.526. The monoisotopic (exact) mass is 231 g/mol. The topological polar surface area (TPSA) is 30.7 Å². The number of imidazole rings is 1. The maximum Gasteiger partial charge on any atom is 0.160 e. The van der Waals surface area contributed by atoms with Gasteiger partial charge in [-0.3, -0.25) is 0 Å². The molecular formula is C14H21N3. The van der Waals surface area contributed by atoms with Crippen molar-refractivity contribution in [1.29, 1.82) is 0 Å². The van der Waals surface area contributed by atoms with E-state index in [0.717, 1.165) is 22.7 Å². The van der Waals surface area contributed by atoms with Gasteiger partial charge in [0.15, 0.2) is 5.65 Å². The highest BCUT2D eigenvalue weighted by atomic mass is 15.1. The molecule has 2 heterocycles. The quantitative estimate of drug-likeness (QED) is 0.697. The molecule has 17 heavy (non-hydrogen) atoms. The van der Waals surface area contributed by atoms with Crippen molar-refractivity contribution in [1.82, 2.24) is 14.5 Å². The predicted molar refractivity (Wildman–Crippen MR) is 71.4 cm³/mol. The zero-order chi connectivity index (χ0) is 13.0. The summed E-state index contributed by atoms with van der Waals surface area (Å²) in [6, 6.07) is 0. The van der Waals surface area contributed by atoms with E-state index in [9.17, 15) is 0 Å². The molecular weight excluding hydrogens is 210 g/mol. The molecule has 0 saturated carbocycles. The molecule has 2 aromatic rings. The predicted octanol–water partition coefficient (Wildman–Crippen LogP) is 3.19. The molecule has 0 aromatic carbocycles.